The first-order valence-electron chi connectivity index (χ1n) is 7.49. The van der Waals surface area contributed by atoms with E-state index in [1.165, 1.54) is 17.4 Å². The van der Waals surface area contributed by atoms with Gasteiger partial charge in [0.2, 0.25) is 5.91 Å². The smallest absolute Gasteiger partial charge is 0.253 e. The van der Waals surface area contributed by atoms with Gasteiger partial charge in [0, 0.05) is 36.1 Å². The van der Waals surface area contributed by atoms with E-state index in [0.29, 0.717) is 31.1 Å². The number of aromatic nitrogens is 1. The number of thiazole rings is 1. The summed E-state index contributed by atoms with van der Waals surface area (Å²) in [6, 6.07) is 3.11. The fraction of sp³-hybridized carbons (Fsp3) is 0.312. The van der Waals surface area contributed by atoms with E-state index < -0.39 is 11.6 Å². The highest BCUT2D eigenvalue weighted by molar-refractivity contribution is 7.13. The van der Waals surface area contributed by atoms with E-state index in [4.69, 9.17) is 0 Å². The van der Waals surface area contributed by atoms with E-state index in [1.54, 1.807) is 16.5 Å². The Morgan fingerprint density at radius 2 is 1.96 bits per heavy atom. The van der Waals surface area contributed by atoms with E-state index in [1.807, 2.05) is 0 Å². The van der Waals surface area contributed by atoms with Gasteiger partial charge in [-0.1, -0.05) is 0 Å². The van der Waals surface area contributed by atoms with Gasteiger partial charge in [-0.3, -0.25) is 9.59 Å². The predicted octanol–water partition coefficient (Wildman–Crippen LogP) is 2.91. The number of amides is 2. The minimum absolute atomic E-state index is 0.107. The zero-order valence-corrected chi connectivity index (χ0v) is 13.5. The van der Waals surface area contributed by atoms with Gasteiger partial charge in [0.15, 0.2) is 16.8 Å². The molecule has 0 saturated carbocycles. The van der Waals surface area contributed by atoms with Crippen LogP contribution >= 0.6 is 11.3 Å². The second-order valence-electron chi connectivity index (χ2n) is 5.52. The average molecular weight is 351 g/mol. The summed E-state index contributed by atoms with van der Waals surface area (Å²) in [7, 11) is 0. The molecule has 2 aromatic rings. The van der Waals surface area contributed by atoms with Gasteiger partial charge in [-0.25, -0.2) is 13.8 Å². The number of likely N-dealkylation sites (tertiary alicyclic amines) is 1. The molecule has 1 aromatic carbocycles. The lowest BCUT2D eigenvalue weighted by Crippen LogP contribution is -2.41. The number of hydrogen-bond donors (Lipinski definition) is 1. The number of hydrogen-bond acceptors (Lipinski definition) is 4. The lowest BCUT2D eigenvalue weighted by Gasteiger charge is -2.31. The molecule has 0 unspecified atom stereocenters. The third-order valence-corrected chi connectivity index (χ3v) is 4.67. The van der Waals surface area contributed by atoms with Crippen LogP contribution in [0.5, 0.6) is 0 Å². The van der Waals surface area contributed by atoms with Gasteiger partial charge >= 0.3 is 0 Å². The van der Waals surface area contributed by atoms with Gasteiger partial charge in [-0.15, -0.1) is 11.3 Å². The molecule has 0 radical (unpaired) electrons. The van der Waals surface area contributed by atoms with Crippen LogP contribution in [-0.4, -0.2) is 34.8 Å². The number of rotatable bonds is 3. The predicted molar refractivity (Wildman–Crippen MR) is 85.7 cm³/mol. The van der Waals surface area contributed by atoms with Gasteiger partial charge in [0.05, 0.1) is 0 Å². The molecule has 8 heteroatoms. The van der Waals surface area contributed by atoms with Crippen molar-refractivity contribution in [3.63, 3.8) is 0 Å². The van der Waals surface area contributed by atoms with E-state index in [9.17, 15) is 18.4 Å². The minimum atomic E-state index is -1.04. The monoisotopic (exact) mass is 351 g/mol. The first-order valence-corrected chi connectivity index (χ1v) is 8.37. The van der Waals surface area contributed by atoms with Crippen molar-refractivity contribution in [3.05, 3.63) is 47.0 Å². The fourth-order valence-corrected chi connectivity index (χ4v) is 3.18. The Bertz CT molecular complexity index is 744. The number of piperidine rings is 1. The molecule has 1 saturated heterocycles. The molecule has 5 nitrogen and oxygen atoms in total. The standard InChI is InChI=1S/C16H15F2N3O2S/c17-12-2-1-11(9-13(12)18)15(23)21-6-3-10(4-7-21)14(22)20-16-19-5-8-24-16/h1-2,5,8-10H,3-4,6-7H2,(H,19,20,22). The van der Waals surface area contributed by atoms with Crippen molar-refractivity contribution < 1.29 is 18.4 Å². The SMILES string of the molecule is O=C(Nc1nccs1)C1CCN(C(=O)c2ccc(F)c(F)c2)CC1. The van der Waals surface area contributed by atoms with Crippen molar-refractivity contribution in [3.8, 4) is 0 Å². The zero-order chi connectivity index (χ0) is 17.1. The van der Waals surface area contributed by atoms with Crippen molar-refractivity contribution in [2.45, 2.75) is 12.8 Å². The van der Waals surface area contributed by atoms with Crippen molar-refractivity contribution in [1.29, 1.82) is 0 Å². The summed E-state index contributed by atoms with van der Waals surface area (Å²) in [5, 5.41) is 5.09. The van der Waals surface area contributed by atoms with Gasteiger partial charge < -0.3 is 10.2 Å². The van der Waals surface area contributed by atoms with Crippen LogP contribution in [-0.2, 0) is 4.79 Å². The Morgan fingerprint density at radius 3 is 2.58 bits per heavy atom. The average Bonchev–Trinajstić information content (AvgIpc) is 3.10. The maximum Gasteiger partial charge on any atom is 0.253 e. The van der Waals surface area contributed by atoms with Crippen molar-refractivity contribution in [1.82, 2.24) is 9.88 Å². The topological polar surface area (TPSA) is 62.3 Å². The van der Waals surface area contributed by atoms with Crippen LogP contribution in [0.4, 0.5) is 13.9 Å². The number of carbonyl (C=O) groups excluding carboxylic acids is 2. The van der Waals surface area contributed by atoms with E-state index in [2.05, 4.69) is 10.3 Å². The minimum Gasteiger partial charge on any atom is -0.339 e. The van der Waals surface area contributed by atoms with Gasteiger partial charge in [0.1, 0.15) is 0 Å². The molecule has 0 aliphatic carbocycles. The van der Waals surface area contributed by atoms with Crippen LogP contribution in [0.1, 0.15) is 23.2 Å². The molecule has 1 aromatic heterocycles. The second kappa shape index (κ2) is 7.04. The molecule has 3 rings (SSSR count). The molecule has 1 aliphatic heterocycles. The molecule has 2 heterocycles. The van der Waals surface area contributed by atoms with Crippen LogP contribution in [0.25, 0.3) is 0 Å². The first-order chi connectivity index (χ1) is 11.5. The number of carbonyl (C=O) groups is 2. The van der Waals surface area contributed by atoms with Crippen LogP contribution in [0.15, 0.2) is 29.8 Å². The molecule has 1 aliphatic rings. The Kier molecular flexibility index (Phi) is 4.84. The summed E-state index contributed by atoms with van der Waals surface area (Å²) >= 11 is 1.35. The van der Waals surface area contributed by atoms with Crippen molar-refractivity contribution in [2.24, 2.45) is 5.92 Å². The first kappa shape index (κ1) is 16.5. The fourth-order valence-electron chi connectivity index (χ4n) is 2.65. The van der Waals surface area contributed by atoms with Crippen molar-refractivity contribution in [2.75, 3.05) is 18.4 Å². The normalized spacial score (nSPS) is 15.3. The number of halogens is 2. The number of nitrogens with zero attached hydrogens (tertiary/aromatic N) is 2. The zero-order valence-electron chi connectivity index (χ0n) is 12.7. The number of anilines is 1. The molecular weight excluding hydrogens is 336 g/mol. The molecule has 1 fully saturated rings. The third-order valence-electron chi connectivity index (χ3n) is 3.98. The Morgan fingerprint density at radius 1 is 1.21 bits per heavy atom. The summed E-state index contributed by atoms with van der Waals surface area (Å²) in [6.07, 6.45) is 2.66. The second-order valence-corrected chi connectivity index (χ2v) is 6.42. The summed E-state index contributed by atoms with van der Waals surface area (Å²) in [4.78, 5) is 30.0. The van der Waals surface area contributed by atoms with E-state index >= 15 is 0 Å². The van der Waals surface area contributed by atoms with Gasteiger partial charge in [0.25, 0.3) is 5.91 Å². The maximum atomic E-state index is 13.3. The molecular formula is C16H15F2N3O2S. The van der Waals surface area contributed by atoms with Crippen LogP contribution in [0, 0.1) is 17.6 Å². The maximum absolute atomic E-state index is 13.3. The lowest BCUT2D eigenvalue weighted by atomic mass is 9.95. The highest BCUT2D eigenvalue weighted by Crippen LogP contribution is 2.22. The molecule has 24 heavy (non-hydrogen) atoms. The summed E-state index contributed by atoms with van der Waals surface area (Å²) in [5.41, 5.74) is 0.111. The Hall–Kier alpha value is -2.35. The molecule has 0 atom stereocenters. The number of benzene rings is 1. The Balaban J connectivity index is 1.57. The molecule has 1 N–H and O–H groups in total. The Labute approximate surface area is 141 Å². The highest BCUT2D eigenvalue weighted by Gasteiger charge is 2.28. The summed E-state index contributed by atoms with van der Waals surface area (Å²) < 4.78 is 26.2. The summed E-state index contributed by atoms with van der Waals surface area (Å²) in [5.74, 6) is -2.68. The quantitative estimate of drug-likeness (QED) is 0.925. The largest absolute Gasteiger partial charge is 0.339 e. The van der Waals surface area contributed by atoms with Crippen LogP contribution in [0.2, 0.25) is 0 Å². The molecule has 0 spiro atoms. The van der Waals surface area contributed by atoms with Gasteiger partial charge in [-0.2, -0.15) is 0 Å². The molecule has 2 amide bonds. The number of nitrogens with one attached hydrogen (secondary N) is 1. The molecule has 126 valence electrons. The van der Waals surface area contributed by atoms with Crippen molar-refractivity contribution >= 4 is 28.3 Å². The highest BCUT2D eigenvalue weighted by atomic mass is 32.1. The van der Waals surface area contributed by atoms with E-state index in [-0.39, 0.29) is 23.3 Å². The van der Waals surface area contributed by atoms with Crippen LogP contribution in [0.3, 0.4) is 0 Å². The third kappa shape index (κ3) is 3.59. The lowest BCUT2D eigenvalue weighted by molar-refractivity contribution is -0.121. The van der Waals surface area contributed by atoms with Crippen LogP contribution < -0.4 is 5.32 Å². The molecule has 0 bridgehead atoms. The van der Waals surface area contributed by atoms with E-state index in [0.717, 1.165) is 12.1 Å². The summed E-state index contributed by atoms with van der Waals surface area (Å²) in [6.45, 7) is 0.793. The van der Waals surface area contributed by atoms with Gasteiger partial charge in [-0.05, 0) is 31.0 Å².